The van der Waals surface area contributed by atoms with Crippen LogP contribution in [0.2, 0.25) is 0 Å². The number of aryl methyl sites for hydroxylation is 1. The van der Waals surface area contributed by atoms with Gasteiger partial charge in [0.25, 0.3) is 0 Å². The molecule has 5 rings (SSSR count). The van der Waals surface area contributed by atoms with Crippen LogP contribution < -0.4 is 10.1 Å². The quantitative estimate of drug-likeness (QED) is 0.562. The Balaban J connectivity index is 0.000000334. The first-order valence-corrected chi connectivity index (χ1v) is 10.7. The molecule has 3 N–H and O–H groups in total. The topological polar surface area (TPSA) is 100 Å². The van der Waals surface area contributed by atoms with Crippen LogP contribution in [-0.2, 0) is 0 Å². The normalized spacial score (nSPS) is 15.9. The van der Waals surface area contributed by atoms with E-state index in [1.54, 1.807) is 13.0 Å². The van der Waals surface area contributed by atoms with E-state index in [9.17, 15) is 14.3 Å². The Bertz CT molecular complexity index is 1060. The lowest BCUT2D eigenvalue weighted by Gasteiger charge is -2.11. The van der Waals surface area contributed by atoms with Crippen LogP contribution in [0, 0.1) is 18.7 Å². The summed E-state index contributed by atoms with van der Waals surface area (Å²) in [7, 11) is 0. The number of halogens is 1. The van der Waals surface area contributed by atoms with Gasteiger partial charge in [-0.3, -0.25) is 0 Å². The first-order valence-electron chi connectivity index (χ1n) is 10.7. The smallest absolute Gasteiger partial charge is 0.339 e. The number of hydrogen-bond donors (Lipinski definition) is 3. The van der Waals surface area contributed by atoms with Crippen LogP contribution in [0.15, 0.2) is 24.5 Å². The summed E-state index contributed by atoms with van der Waals surface area (Å²) < 4.78 is 19.7. The van der Waals surface area contributed by atoms with Crippen molar-refractivity contribution in [3.63, 3.8) is 0 Å². The zero-order valence-electron chi connectivity index (χ0n) is 17.6. The van der Waals surface area contributed by atoms with Crippen molar-refractivity contribution in [1.82, 2.24) is 20.3 Å². The number of carbonyl (C=O) groups is 1. The highest BCUT2D eigenvalue weighted by molar-refractivity contribution is 6.06. The van der Waals surface area contributed by atoms with E-state index in [2.05, 4.69) is 20.3 Å². The van der Waals surface area contributed by atoms with Gasteiger partial charge >= 0.3 is 5.97 Å². The van der Waals surface area contributed by atoms with Crippen molar-refractivity contribution in [2.75, 3.05) is 19.7 Å². The van der Waals surface area contributed by atoms with E-state index >= 15 is 0 Å². The number of H-pyrrole nitrogens is 1. The summed E-state index contributed by atoms with van der Waals surface area (Å²) in [5, 5.41) is 12.7. The van der Waals surface area contributed by atoms with Crippen molar-refractivity contribution in [3.05, 3.63) is 41.6 Å². The highest BCUT2D eigenvalue weighted by atomic mass is 19.1. The molecule has 0 amide bonds. The molecule has 3 aromatic rings. The zero-order valence-corrected chi connectivity index (χ0v) is 17.6. The first kappa shape index (κ1) is 21.2. The Morgan fingerprint density at radius 2 is 2.00 bits per heavy atom. The predicted molar refractivity (Wildman–Crippen MR) is 116 cm³/mol. The fourth-order valence-corrected chi connectivity index (χ4v) is 3.69. The molecule has 3 heterocycles. The molecule has 1 aliphatic carbocycles. The molecule has 0 spiro atoms. The fourth-order valence-electron chi connectivity index (χ4n) is 3.69. The lowest BCUT2D eigenvalue weighted by Crippen LogP contribution is -2.21. The van der Waals surface area contributed by atoms with Gasteiger partial charge in [-0.2, -0.15) is 0 Å². The number of fused-ring (bicyclic) bond motifs is 1. The number of hydrogen-bond acceptors (Lipinski definition) is 5. The van der Waals surface area contributed by atoms with E-state index in [4.69, 9.17) is 4.74 Å². The van der Waals surface area contributed by atoms with Gasteiger partial charge in [0.15, 0.2) is 0 Å². The maximum atomic E-state index is 13.9. The SMILES string of the molecule is C1CCNCC1.Cc1[nH]c2c(-c3cc(F)ccc3OCC3CC3)ncnc2c1C(=O)O. The fraction of sp³-hybridized carbons (Fsp3) is 0.435. The van der Waals surface area contributed by atoms with E-state index in [0.29, 0.717) is 46.3 Å². The van der Waals surface area contributed by atoms with Crippen molar-refractivity contribution in [2.45, 2.75) is 39.0 Å². The van der Waals surface area contributed by atoms with E-state index in [1.165, 1.54) is 50.8 Å². The number of benzene rings is 1. The Labute approximate surface area is 180 Å². The third kappa shape index (κ3) is 5.02. The van der Waals surface area contributed by atoms with E-state index in [1.807, 2.05) is 0 Å². The monoisotopic (exact) mass is 426 g/mol. The number of aromatic amines is 1. The minimum atomic E-state index is -1.07. The van der Waals surface area contributed by atoms with Crippen LogP contribution in [-0.4, -0.2) is 45.7 Å². The van der Waals surface area contributed by atoms with Crippen LogP contribution in [0.1, 0.15) is 48.2 Å². The first-order chi connectivity index (χ1) is 15.0. The molecule has 1 saturated carbocycles. The van der Waals surface area contributed by atoms with Crippen LogP contribution in [0.5, 0.6) is 5.75 Å². The van der Waals surface area contributed by atoms with Crippen molar-refractivity contribution >= 4 is 17.0 Å². The number of piperidine rings is 1. The van der Waals surface area contributed by atoms with Gasteiger partial charge in [-0.25, -0.2) is 19.2 Å². The van der Waals surface area contributed by atoms with Crippen LogP contribution in [0.25, 0.3) is 22.3 Å². The molecule has 1 aromatic carbocycles. The van der Waals surface area contributed by atoms with Gasteiger partial charge in [0.05, 0.1) is 12.1 Å². The third-order valence-corrected chi connectivity index (χ3v) is 5.56. The van der Waals surface area contributed by atoms with E-state index < -0.39 is 11.8 Å². The summed E-state index contributed by atoms with van der Waals surface area (Å²) in [6.07, 6.45) is 7.79. The number of nitrogens with one attached hydrogen (secondary N) is 2. The van der Waals surface area contributed by atoms with Crippen molar-refractivity contribution in [2.24, 2.45) is 5.92 Å². The largest absolute Gasteiger partial charge is 0.493 e. The Kier molecular flexibility index (Phi) is 6.46. The highest BCUT2D eigenvalue weighted by Gasteiger charge is 2.24. The van der Waals surface area contributed by atoms with Gasteiger partial charge in [-0.05, 0) is 69.8 Å². The minimum absolute atomic E-state index is 0.0931. The number of aromatic carboxylic acids is 1. The molecule has 1 saturated heterocycles. The number of nitrogens with zero attached hydrogens (tertiary/aromatic N) is 2. The molecule has 2 fully saturated rings. The lowest BCUT2D eigenvalue weighted by molar-refractivity contribution is 0.0698. The van der Waals surface area contributed by atoms with Crippen molar-refractivity contribution in [3.8, 4) is 17.0 Å². The number of ether oxygens (including phenoxy) is 1. The summed E-state index contributed by atoms with van der Waals surface area (Å²) in [5.41, 5.74) is 2.22. The minimum Gasteiger partial charge on any atom is -0.493 e. The average molecular weight is 426 g/mol. The van der Waals surface area contributed by atoms with E-state index in [0.717, 1.165) is 12.8 Å². The highest BCUT2D eigenvalue weighted by Crippen LogP contribution is 2.36. The summed E-state index contributed by atoms with van der Waals surface area (Å²) in [4.78, 5) is 22.8. The molecule has 7 nitrogen and oxygen atoms in total. The Hall–Kier alpha value is -3.00. The second-order valence-electron chi connectivity index (χ2n) is 8.08. The van der Waals surface area contributed by atoms with Crippen LogP contribution >= 0.6 is 0 Å². The molecule has 2 aromatic heterocycles. The average Bonchev–Trinajstić information content (AvgIpc) is 3.54. The molecule has 0 atom stereocenters. The molecular weight excluding hydrogens is 399 g/mol. The van der Waals surface area contributed by atoms with Gasteiger partial charge in [-0.1, -0.05) is 6.42 Å². The number of aromatic nitrogens is 3. The maximum Gasteiger partial charge on any atom is 0.339 e. The molecule has 1 aliphatic heterocycles. The predicted octanol–water partition coefficient (Wildman–Crippen LogP) is 4.32. The standard InChI is InChI=1S/C18H16FN3O3.C5H11N/c1-9-14(18(23)24)16-17(22-9)15(20-8-21-16)12-6-11(19)4-5-13(12)25-7-10-2-3-10;1-2-4-6-5-3-1/h4-6,8,10,22H,2-3,7H2,1H3,(H,23,24);6H,1-5H2. The Morgan fingerprint density at radius 3 is 2.61 bits per heavy atom. The second-order valence-corrected chi connectivity index (χ2v) is 8.08. The molecule has 0 unspecified atom stereocenters. The van der Waals surface area contributed by atoms with Gasteiger partial charge in [0, 0.05) is 11.3 Å². The molecule has 164 valence electrons. The zero-order chi connectivity index (χ0) is 21.8. The van der Waals surface area contributed by atoms with Gasteiger partial charge in [-0.15, -0.1) is 0 Å². The Morgan fingerprint density at radius 1 is 1.23 bits per heavy atom. The van der Waals surface area contributed by atoms with Crippen LogP contribution in [0.3, 0.4) is 0 Å². The molecule has 8 heteroatoms. The van der Waals surface area contributed by atoms with Gasteiger partial charge in [0.2, 0.25) is 0 Å². The van der Waals surface area contributed by atoms with Crippen molar-refractivity contribution < 1.29 is 19.0 Å². The number of rotatable bonds is 5. The summed E-state index contributed by atoms with van der Waals surface area (Å²) in [6, 6.07) is 4.27. The van der Waals surface area contributed by atoms with Crippen molar-refractivity contribution in [1.29, 1.82) is 0 Å². The second kappa shape index (κ2) is 9.43. The molecule has 2 aliphatic rings. The van der Waals surface area contributed by atoms with E-state index in [-0.39, 0.29) is 5.56 Å². The summed E-state index contributed by atoms with van der Waals surface area (Å²) in [6.45, 7) is 4.74. The van der Waals surface area contributed by atoms with Crippen LogP contribution in [0.4, 0.5) is 4.39 Å². The molecule has 31 heavy (non-hydrogen) atoms. The van der Waals surface area contributed by atoms with Gasteiger partial charge < -0.3 is 20.1 Å². The molecular formula is C23H27FN4O3. The number of carboxylic acids is 1. The van der Waals surface area contributed by atoms with Gasteiger partial charge in [0.1, 0.15) is 34.7 Å². The number of carboxylic acid groups (broad SMARTS) is 1. The lowest BCUT2D eigenvalue weighted by atomic mass is 10.1. The summed E-state index contributed by atoms with van der Waals surface area (Å²) >= 11 is 0. The third-order valence-electron chi connectivity index (χ3n) is 5.56. The maximum absolute atomic E-state index is 13.9. The summed E-state index contributed by atoms with van der Waals surface area (Å²) in [5.74, 6) is -0.410. The molecule has 0 bridgehead atoms. The molecule has 0 radical (unpaired) electrons.